The Kier molecular flexibility index (Phi) is 3.49. The lowest BCUT2D eigenvalue weighted by Gasteiger charge is -2.27. The number of amides is 1. The summed E-state index contributed by atoms with van der Waals surface area (Å²) in [6, 6.07) is 17.2. The summed E-state index contributed by atoms with van der Waals surface area (Å²) in [5.74, 6) is -0.330. The van der Waals surface area contributed by atoms with E-state index in [1.54, 1.807) is 17.0 Å². The van der Waals surface area contributed by atoms with E-state index >= 15 is 0 Å². The number of hydrogen-bond acceptors (Lipinski definition) is 3. The molecule has 0 saturated carbocycles. The van der Waals surface area contributed by atoms with E-state index in [1.165, 1.54) is 10.2 Å². The second kappa shape index (κ2) is 5.81. The van der Waals surface area contributed by atoms with Crippen molar-refractivity contribution >= 4 is 5.91 Å². The highest BCUT2D eigenvalue weighted by Crippen LogP contribution is 2.19. The van der Waals surface area contributed by atoms with Crippen molar-refractivity contribution in [3.05, 3.63) is 81.8 Å². The van der Waals surface area contributed by atoms with Gasteiger partial charge in [0.1, 0.15) is 0 Å². The number of para-hydroxylation sites is 1. The normalized spacial score (nSPS) is 13.6. The van der Waals surface area contributed by atoms with E-state index in [9.17, 15) is 9.59 Å². The Balaban J connectivity index is 1.69. The standard InChI is InChI=1S/C18H15N3O3/c22-17(20-11-10-13-6-4-5-7-14(13)12-20)16-18(23)24-19-21(16)15-8-2-1-3-9-15/h1-9H,10-12H2/p+1. The first-order valence-electron chi connectivity index (χ1n) is 7.79. The van der Waals surface area contributed by atoms with Gasteiger partial charge in [-0.15, -0.1) is 0 Å². The molecular weight excluding hydrogens is 306 g/mol. The van der Waals surface area contributed by atoms with Crippen LogP contribution in [0.2, 0.25) is 0 Å². The van der Waals surface area contributed by atoms with Crippen molar-refractivity contribution in [3.8, 4) is 5.69 Å². The van der Waals surface area contributed by atoms with Gasteiger partial charge in [0.2, 0.25) is 5.69 Å². The zero-order valence-electron chi connectivity index (χ0n) is 12.9. The zero-order chi connectivity index (χ0) is 16.5. The summed E-state index contributed by atoms with van der Waals surface area (Å²) in [6.45, 7) is 1.07. The van der Waals surface area contributed by atoms with Gasteiger partial charge in [-0.1, -0.05) is 42.5 Å². The minimum atomic E-state index is -0.664. The van der Waals surface area contributed by atoms with Crippen LogP contribution in [0.4, 0.5) is 0 Å². The van der Waals surface area contributed by atoms with Gasteiger partial charge in [0.05, 0.1) is 0 Å². The van der Waals surface area contributed by atoms with Gasteiger partial charge in [0.25, 0.3) is 0 Å². The van der Waals surface area contributed by atoms with Crippen LogP contribution in [0, 0.1) is 0 Å². The molecule has 0 saturated heterocycles. The minimum Gasteiger partial charge on any atom is -0.328 e. The van der Waals surface area contributed by atoms with Gasteiger partial charge < -0.3 is 4.90 Å². The third-order valence-electron chi connectivity index (χ3n) is 4.28. The van der Waals surface area contributed by atoms with Crippen LogP contribution in [0.15, 0.2) is 63.9 Å². The lowest BCUT2D eigenvalue weighted by molar-refractivity contribution is -0.672. The number of benzene rings is 2. The molecule has 4 rings (SSSR count). The van der Waals surface area contributed by atoms with Crippen LogP contribution >= 0.6 is 0 Å². The highest BCUT2D eigenvalue weighted by molar-refractivity contribution is 5.90. The molecule has 1 N–H and O–H groups in total. The maximum Gasteiger partial charge on any atom is 0.441 e. The van der Waals surface area contributed by atoms with Crippen LogP contribution in [-0.4, -0.2) is 22.6 Å². The molecule has 0 fully saturated rings. The van der Waals surface area contributed by atoms with Crippen molar-refractivity contribution in [1.82, 2.24) is 10.2 Å². The Hall–Kier alpha value is -3.15. The molecule has 1 aliphatic heterocycles. The van der Waals surface area contributed by atoms with E-state index in [0.717, 1.165) is 12.0 Å². The fourth-order valence-electron chi connectivity index (χ4n) is 3.03. The molecule has 1 aliphatic rings. The average Bonchev–Trinajstić information content (AvgIpc) is 3.03. The van der Waals surface area contributed by atoms with Gasteiger partial charge in [0, 0.05) is 25.2 Å². The van der Waals surface area contributed by atoms with Gasteiger partial charge >= 0.3 is 17.2 Å². The van der Waals surface area contributed by atoms with Gasteiger partial charge in [-0.05, 0) is 27.5 Å². The SMILES string of the molecule is O=C(c1c(=O)o[nH][n+]1-c1ccccc1)N1CCc2ccccc2C1. The first-order chi connectivity index (χ1) is 11.7. The molecule has 0 unspecified atom stereocenters. The lowest BCUT2D eigenvalue weighted by Crippen LogP contribution is -2.47. The number of nitrogens with zero attached hydrogens (tertiary/aromatic N) is 2. The second-order valence-corrected chi connectivity index (χ2v) is 5.75. The van der Waals surface area contributed by atoms with E-state index in [2.05, 4.69) is 11.3 Å². The Bertz CT molecular complexity index is 943. The molecular formula is C18H16N3O3+. The van der Waals surface area contributed by atoms with Crippen LogP contribution in [0.5, 0.6) is 0 Å². The van der Waals surface area contributed by atoms with E-state index < -0.39 is 5.63 Å². The van der Waals surface area contributed by atoms with Gasteiger partial charge in [-0.25, -0.2) is 4.79 Å². The summed E-state index contributed by atoms with van der Waals surface area (Å²) in [5.41, 5.74) is 2.36. The average molecular weight is 322 g/mol. The lowest BCUT2D eigenvalue weighted by atomic mass is 10.00. The molecule has 120 valence electrons. The summed E-state index contributed by atoms with van der Waals surface area (Å²) in [6.07, 6.45) is 0.781. The fourth-order valence-corrected chi connectivity index (χ4v) is 3.03. The maximum absolute atomic E-state index is 12.9. The summed E-state index contributed by atoms with van der Waals surface area (Å²) >= 11 is 0. The third kappa shape index (κ3) is 2.42. The number of fused-ring (bicyclic) bond motifs is 1. The van der Waals surface area contributed by atoms with Crippen molar-refractivity contribution in [2.45, 2.75) is 13.0 Å². The number of rotatable bonds is 2. The molecule has 0 radical (unpaired) electrons. The van der Waals surface area contributed by atoms with Crippen molar-refractivity contribution in [1.29, 1.82) is 0 Å². The molecule has 6 nitrogen and oxygen atoms in total. The number of nitrogens with one attached hydrogen (secondary N) is 1. The third-order valence-corrected chi connectivity index (χ3v) is 4.28. The number of hydrogen-bond donors (Lipinski definition) is 1. The van der Waals surface area contributed by atoms with E-state index in [-0.39, 0.29) is 11.6 Å². The first kappa shape index (κ1) is 14.4. The smallest absolute Gasteiger partial charge is 0.328 e. The molecule has 2 aromatic carbocycles. The summed E-state index contributed by atoms with van der Waals surface area (Å²) < 4.78 is 6.26. The molecule has 0 bridgehead atoms. The molecule has 0 aliphatic carbocycles. The number of carbonyl (C=O) groups is 1. The molecule has 24 heavy (non-hydrogen) atoms. The highest BCUT2D eigenvalue weighted by Gasteiger charge is 2.35. The zero-order valence-corrected chi connectivity index (χ0v) is 12.9. The molecule has 0 spiro atoms. The fraction of sp³-hybridized carbons (Fsp3) is 0.167. The van der Waals surface area contributed by atoms with Crippen molar-refractivity contribution < 1.29 is 14.0 Å². The summed E-state index contributed by atoms with van der Waals surface area (Å²) in [7, 11) is 0. The predicted molar refractivity (Wildman–Crippen MR) is 85.7 cm³/mol. The number of H-pyrrole nitrogens is 1. The molecule has 0 atom stereocenters. The van der Waals surface area contributed by atoms with Gasteiger partial charge in [0.15, 0.2) is 0 Å². The molecule has 1 amide bonds. The van der Waals surface area contributed by atoms with Crippen molar-refractivity contribution in [2.75, 3.05) is 6.54 Å². The first-order valence-corrected chi connectivity index (χ1v) is 7.79. The maximum atomic E-state index is 12.9. The number of aromatic nitrogens is 2. The van der Waals surface area contributed by atoms with Crippen LogP contribution in [0.3, 0.4) is 0 Å². The predicted octanol–water partition coefficient (Wildman–Crippen LogP) is 1.44. The molecule has 1 aromatic heterocycles. The number of carbonyl (C=O) groups excluding carboxylic acids is 1. The van der Waals surface area contributed by atoms with Gasteiger partial charge in [-0.3, -0.25) is 9.32 Å². The van der Waals surface area contributed by atoms with Crippen molar-refractivity contribution in [2.24, 2.45) is 0 Å². The number of aromatic amines is 1. The largest absolute Gasteiger partial charge is 0.441 e. The second-order valence-electron chi connectivity index (χ2n) is 5.75. The Morgan fingerprint density at radius 1 is 1.04 bits per heavy atom. The van der Waals surface area contributed by atoms with Crippen LogP contribution in [0.1, 0.15) is 21.6 Å². The highest BCUT2D eigenvalue weighted by atomic mass is 16.5. The summed E-state index contributed by atoms with van der Waals surface area (Å²) in [5, 5.41) is 2.51. The Morgan fingerprint density at radius 2 is 1.75 bits per heavy atom. The Morgan fingerprint density at radius 3 is 2.54 bits per heavy atom. The monoisotopic (exact) mass is 322 g/mol. The van der Waals surface area contributed by atoms with E-state index in [4.69, 9.17) is 4.52 Å². The quantitative estimate of drug-likeness (QED) is 0.726. The van der Waals surface area contributed by atoms with Gasteiger partial charge in [-0.2, -0.15) is 0 Å². The minimum absolute atomic E-state index is 0.0134. The molecule has 2 heterocycles. The van der Waals surface area contributed by atoms with Crippen LogP contribution in [0.25, 0.3) is 5.69 Å². The van der Waals surface area contributed by atoms with E-state index in [1.807, 2.05) is 36.4 Å². The van der Waals surface area contributed by atoms with Crippen molar-refractivity contribution in [3.63, 3.8) is 0 Å². The van der Waals surface area contributed by atoms with Crippen LogP contribution in [-0.2, 0) is 13.0 Å². The van der Waals surface area contributed by atoms with E-state index in [0.29, 0.717) is 18.8 Å². The summed E-state index contributed by atoms with van der Waals surface area (Å²) in [4.78, 5) is 26.7. The van der Waals surface area contributed by atoms with Crippen LogP contribution < -0.4 is 10.3 Å². The Labute approximate surface area is 137 Å². The topological polar surface area (TPSA) is 70.2 Å². The molecule has 3 aromatic rings. The molecule has 6 heteroatoms.